The first-order valence-electron chi connectivity index (χ1n) is 3.54. The van der Waals surface area contributed by atoms with Crippen LogP contribution in [-0.2, 0) is 0 Å². The molecule has 0 fully saturated rings. The number of rotatable bonds is 3. The molecule has 0 spiro atoms. The lowest BCUT2D eigenvalue weighted by Crippen LogP contribution is -1.86. The van der Waals surface area contributed by atoms with Crippen molar-refractivity contribution in [2.45, 2.75) is 4.90 Å². The lowest BCUT2D eigenvalue weighted by molar-refractivity contribution is 0.322. The van der Waals surface area contributed by atoms with Gasteiger partial charge in [-0.25, -0.2) is 0 Å². The molecule has 0 saturated carbocycles. The Bertz CT molecular complexity index is 306. The lowest BCUT2D eigenvalue weighted by atomic mass is 10.4. The van der Waals surface area contributed by atoms with E-state index in [1.165, 1.54) is 11.8 Å². The normalized spacial score (nSPS) is 10.5. The van der Waals surface area contributed by atoms with E-state index in [1.54, 1.807) is 0 Å². The third kappa shape index (κ3) is 3.03. The maximum absolute atomic E-state index is 8.64. The Labute approximate surface area is 99.6 Å². The van der Waals surface area contributed by atoms with Crippen LogP contribution in [0.25, 0.3) is 0 Å². The summed E-state index contributed by atoms with van der Waals surface area (Å²) in [6, 6.07) is 3.71. The molecule has 0 heterocycles. The van der Waals surface area contributed by atoms with Gasteiger partial charge in [0, 0.05) is 15.1 Å². The molecule has 0 aliphatic heterocycles. The molecule has 13 heavy (non-hydrogen) atoms. The van der Waals surface area contributed by atoms with Crippen LogP contribution in [0.1, 0.15) is 0 Å². The summed E-state index contributed by atoms with van der Waals surface area (Å²) in [6.45, 7) is 0.134. The minimum absolute atomic E-state index is 0.134. The summed E-state index contributed by atoms with van der Waals surface area (Å²) in [7, 11) is 0. The Balaban J connectivity index is 2.90. The molecule has 0 amide bonds. The molecule has 1 aromatic rings. The highest BCUT2D eigenvalue weighted by Crippen LogP contribution is 2.37. The van der Waals surface area contributed by atoms with Gasteiger partial charge in [0.05, 0.1) is 16.7 Å². The first-order valence-corrected chi connectivity index (χ1v) is 6.07. The minimum Gasteiger partial charge on any atom is -0.396 e. The van der Waals surface area contributed by atoms with Gasteiger partial charge in [-0.3, -0.25) is 0 Å². The van der Waals surface area contributed by atoms with E-state index in [2.05, 4.69) is 15.9 Å². The van der Waals surface area contributed by atoms with Crippen molar-refractivity contribution in [1.82, 2.24) is 0 Å². The van der Waals surface area contributed by atoms with E-state index in [1.807, 2.05) is 12.1 Å². The quantitative estimate of drug-likeness (QED) is 0.676. The molecule has 1 aromatic carbocycles. The van der Waals surface area contributed by atoms with Crippen LogP contribution < -0.4 is 0 Å². The highest BCUT2D eigenvalue weighted by atomic mass is 79.9. The SMILES string of the molecule is OCCSc1ccc(Br)c(Cl)c1Cl. The van der Waals surface area contributed by atoms with Crippen LogP contribution in [0.2, 0.25) is 10.0 Å². The number of aliphatic hydroxyl groups is 1. The molecule has 0 aliphatic carbocycles. The van der Waals surface area contributed by atoms with Gasteiger partial charge >= 0.3 is 0 Å². The second-order valence-electron chi connectivity index (χ2n) is 2.25. The van der Waals surface area contributed by atoms with Crippen molar-refractivity contribution in [2.75, 3.05) is 12.4 Å². The van der Waals surface area contributed by atoms with E-state index in [9.17, 15) is 0 Å². The van der Waals surface area contributed by atoms with Crippen molar-refractivity contribution in [3.05, 3.63) is 26.7 Å². The van der Waals surface area contributed by atoms with E-state index >= 15 is 0 Å². The molecule has 0 radical (unpaired) electrons. The fourth-order valence-corrected chi connectivity index (χ4v) is 2.47. The van der Waals surface area contributed by atoms with Crippen LogP contribution in [0.3, 0.4) is 0 Å². The summed E-state index contributed by atoms with van der Waals surface area (Å²) in [4.78, 5) is 0.893. The van der Waals surface area contributed by atoms with Crippen molar-refractivity contribution in [1.29, 1.82) is 0 Å². The average Bonchev–Trinajstić information content (AvgIpc) is 2.13. The van der Waals surface area contributed by atoms with Gasteiger partial charge < -0.3 is 5.11 Å². The predicted octanol–water partition coefficient (Wildman–Crippen LogP) is 3.84. The van der Waals surface area contributed by atoms with Gasteiger partial charge in [0.25, 0.3) is 0 Å². The van der Waals surface area contributed by atoms with E-state index in [4.69, 9.17) is 28.3 Å². The number of hydrogen-bond donors (Lipinski definition) is 1. The maximum Gasteiger partial charge on any atom is 0.0745 e. The number of hydrogen-bond acceptors (Lipinski definition) is 2. The molecule has 0 unspecified atom stereocenters. The summed E-state index contributed by atoms with van der Waals surface area (Å²) in [6.07, 6.45) is 0. The van der Waals surface area contributed by atoms with Gasteiger partial charge in [-0.15, -0.1) is 11.8 Å². The van der Waals surface area contributed by atoms with Crippen molar-refractivity contribution < 1.29 is 5.11 Å². The first-order chi connectivity index (χ1) is 6.16. The van der Waals surface area contributed by atoms with Crippen LogP contribution in [0.4, 0.5) is 0 Å². The van der Waals surface area contributed by atoms with Crippen LogP contribution >= 0.6 is 50.9 Å². The number of benzene rings is 1. The van der Waals surface area contributed by atoms with Crippen molar-refractivity contribution >= 4 is 50.9 Å². The Morgan fingerprint density at radius 1 is 1.31 bits per heavy atom. The van der Waals surface area contributed by atoms with E-state index in [-0.39, 0.29) is 6.61 Å². The lowest BCUT2D eigenvalue weighted by Gasteiger charge is -2.05. The van der Waals surface area contributed by atoms with Gasteiger partial charge in [-0.05, 0) is 28.1 Å². The molecular weight excluding hydrogens is 295 g/mol. The summed E-state index contributed by atoms with van der Waals surface area (Å²) in [5.41, 5.74) is 0. The summed E-state index contributed by atoms with van der Waals surface area (Å²) < 4.78 is 0.785. The highest BCUT2D eigenvalue weighted by molar-refractivity contribution is 9.10. The van der Waals surface area contributed by atoms with Crippen LogP contribution in [0.5, 0.6) is 0 Å². The minimum atomic E-state index is 0.134. The van der Waals surface area contributed by atoms with E-state index < -0.39 is 0 Å². The monoisotopic (exact) mass is 300 g/mol. The van der Waals surface area contributed by atoms with E-state index in [0.717, 1.165) is 9.37 Å². The molecule has 0 atom stereocenters. The predicted molar refractivity (Wildman–Crippen MR) is 62.0 cm³/mol. The van der Waals surface area contributed by atoms with Gasteiger partial charge in [-0.2, -0.15) is 0 Å². The number of aliphatic hydroxyl groups excluding tert-OH is 1. The molecule has 0 saturated heterocycles. The standard InChI is InChI=1S/C8H7BrCl2OS/c9-5-1-2-6(13-4-3-12)8(11)7(5)10/h1-2,12H,3-4H2. The number of thioether (sulfide) groups is 1. The Morgan fingerprint density at radius 3 is 2.62 bits per heavy atom. The largest absolute Gasteiger partial charge is 0.396 e. The zero-order valence-electron chi connectivity index (χ0n) is 6.56. The molecule has 0 bridgehead atoms. The van der Waals surface area contributed by atoms with Gasteiger partial charge in [0.2, 0.25) is 0 Å². The third-order valence-corrected chi connectivity index (χ3v) is 4.27. The third-order valence-electron chi connectivity index (χ3n) is 1.35. The van der Waals surface area contributed by atoms with Crippen molar-refractivity contribution in [3.63, 3.8) is 0 Å². The molecular formula is C8H7BrCl2OS. The summed E-state index contributed by atoms with van der Waals surface area (Å²) in [5.74, 6) is 0.623. The molecule has 72 valence electrons. The van der Waals surface area contributed by atoms with Crippen molar-refractivity contribution in [2.24, 2.45) is 0 Å². The molecule has 1 rings (SSSR count). The topological polar surface area (TPSA) is 20.2 Å². The first kappa shape index (κ1) is 11.7. The van der Waals surface area contributed by atoms with Crippen LogP contribution in [-0.4, -0.2) is 17.5 Å². The van der Waals surface area contributed by atoms with Gasteiger partial charge in [0.1, 0.15) is 0 Å². The molecule has 5 heteroatoms. The maximum atomic E-state index is 8.64. The summed E-state index contributed by atoms with van der Waals surface area (Å²) in [5, 5.41) is 9.69. The average molecular weight is 302 g/mol. The molecule has 1 nitrogen and oxygen atoms in total. The summed E-state index contributed by atoms with van der Waals surface area (Å²) >= 11 is 16.6. The molecule has 0 aromatic heterocycles. The molecule has 0 aliphatic rings. The van der Waals surface area contributed by atoms with Gasteiger partial charge in [0.15, 0.2) is 0 Å². The molecule has 1 N–H and O–H groups in total. The number of halogens is 3. The smallest absolute Gasteiger partial charge is 0.0745 e. The van der Waals surface area contributed by atoms with Gasteiger partial charge in [-0.1, -0.05) is 23.2 Å². The van der Waals surface area contributed by atoms with Crippen LogP contribution in [0.15, 0.2) is 21.5 Å². The fourth-order valence-electron chi connectivity index (χ4n) is 0.775. The second-order valence-corrected chi connectivity index (χ2v) is 4.99. The fraction of sp³-hybridized carbons (Fsp3) is 0.250. The zero-order valence-corrected chi connectivity index (χ0v) is 10.5. The zero-order chi connectivity index (χ0) is 9.84. The second kappa shape index (κ2) is 5.47. The highest BCUT2D eigenvalue weighted by Gasteiger charge is 2.07. The van der Waals surface area contributed by atoms with E-state index in [0.29, 0.717) is 15.8 Å². The Morgan fingerprint density at radius 2 is 2.00 bits per heavy atom. The van der Waals surface area contributed by atoms with Crippen LogP contribution in [0, 0.1) is 0 Å². The van der Waals surface area contributed by atoms with Crippen molar-refractivity contribution in [3.8, 4) is 0 Å². The Hall–Kier alpha value is 0.590. The Kier molecular flexibility index (Phi) is 4.90.